The van der Waals surface area contributed by atoms with Gasteiger partial charge in [-0.1, -0.05) is 109 Å². The SMILES string of the molecule is C1=Cc2cccc3cccc(c23)C1.O=C(c1ccccc1)c1ccccc1. The quantitative estimate of drug-likeness (QED) is 0.387. The number of hydrogen-bond donors (Lipinski definition) is 0. The van der Waals surface area contributed by atoms with E-state index in [0.717, 1.165) is 17.5 Å². The molecule has 0 unspecified atom stereocenters. The Kier molecular flexibility index (Phi) is 4.93. The number of carbonyl (C=O) groups is 1. The third-order valence-corrected chi connectivity index (χ3v) is 4.73. The lowest BCUT2D eigenvalue weighted by Gasteiger charge is -2.11. The number of carbonyl (C=O) groups excluding carboxylic acids is 1. The first-order valence-corrected chi connectivity index (χ1v) is 9.15. The van der Waals surface area contributed by atoms with E-state index in [0.29, 0.717) is 0 Å². The van der Waals surface area contributed by atoms with Crippen LogP contribution in [0.25, 0.3) is 16.8 Å². The minimum atomic E-state index is 0.0752. The van der Waals surface area contributed by atoms with Crippen LogP contribution in [0.3, 0.4) is 0 Å². The van der Waals surface area contributed by atoms with E-state index < -0.39 is 0 Å². The molecule has 0 saturated heterocycles. The summed E-state index contributed by atoms with van der Waals surface area (Å²) >= 11 is 0. The molecule has 1 aliphatic carbocycles. The maximum atomic E-state index is 11.8. The molecule has 0 fully saturated rings. The van der Waals surface area contributed by atoms with E-state index in [1.165, 1.54) is 21.9 Å². The van der Waals surface area contributed by atoms with E-state index in [1.807, 2.05) is 60.7 Å². The van der Waals surface area contributed by atoms with Gasteiger partial charge in [-0.2, -0.15) is 0 Å². The van der Waals surface area contributed by atoms with Crippen molar-refractivity contribution in [3.05, 3.63) is 125 Å². The van der Waals surface area contributed by atoms with Crippen LogP contribution in [-0.2, 0) is 6.42 Å². The molecule has 130 valence electrons. The Hall–Kier alpha value is -3.45. The molecule has 0 amide bonds. The molecule has 1 nitrogen and oxygen atoms in total. The Labute approximate surface area is 159 Å². The minimum absolute atomic E-state index is 0.0752. The zero-order chi connectivity index (χ0) is 18.5. The predicted octanol–water partition coefficient (Wildman–Crippen LogP) is 6.33. The van der Waals surface area contributed by atoms with Crippen molar-refractivity contribution in [1.82, 2.24) is 0 Å². The standard InChI is InChI=1S/C13H10O.C13H10/c14-13(11-7-3-1-4-8-11)12-9-5-2-6-10-12;1-4-10-6-2-8-12-9-3-7-11(5-1)13(10)12/h1-10H;1-8H,9H2. The average Bonchev–Trinajstić information content (AvgIpc) is 2.76. The summed E-state index contributed by atoms with van der Waals surface area (Å²) in [6, 6.07) is 31.6. The number of hydrogen-bond acceptors (Lipinski definition) is 1. The molecule has 27 heavy (non-hydrogen) atoms. The molecule has 1 aliphatic rings. The highest BCUT2D eigenvalue weighted by molar-refractivity contribution is 6.08. The lowest BCUT2D eigenvalue weighted by molar-refractivity contribution is 0.103. The summed E-state index contributed by atoms with van der Waals surface area (Å²) in [5, 5.41) is 2.80. The van der Waals surface area contributed by atoms with Gasteiger partial charge in [-0.05, 0) is 28.3 Å². The fourth-order valence-corrected chi connectivity index (χ4v) is 3.42. The lowest BCUT2D eigenvalue weighted by Crippen LogP contribution is -1.99. The van der Waals surface area contributed by atoms with Crippen LogP contribution in [-0.4, -0.2) is 5.78 Å². The fraction of sp³-hybridized carbons (Fsp3) is 0.0385. The van der Waals surface area contributed by atoms with E-state index in [9.17, 15) is 4.79 Å². The van der Waals surface area contributed by atoms with Crippen molar-refractivity contribution in [2.45, 2.75) is 6.42 Å². The first kappa shape index (κ1) is 17.0. The zero-order valence-electron chi connectivity index (χ0n) is 15.0. The fourth-order valence-electron chi connectivity index (χ4n) is 3.42. The molecule has 4 aromatic carbocycles. The summed E-state index contributed by atoms with van der Waals surface area (Å²) in [6.07, 6.45) is 5.53. The Morgan fingerprint density at radius 2 is 1.22 bits per heavy atom. The topological polar surface area (TPSA) is 17.1 Å². The van der Waals surface area contributed by atoms with Gasteiger partial charge in [0.1, 0.15) is 0 Å². The lowest BCUT2D eigenvalue weighted by atomic mass is 9.93. The van der Waals surface area contributed by atoms with Gasteiger partial charge >= 0.3 is 0 Å². The highest BCUT2D eigenvalue weighted by Gasteiger charge is 2.07. The average molecular weight is 348 g/mol. The zero-order valence-corrected chi connectivity index (χ0v) is 15.0. The molecule has 0 N–H and O–H groups in total. The predicted molar refractivity (Wildman–Crippen MR) is 113 cm³/mol. The van der Waals surface area contributed by atoms with E-state index in [4.69, 9.17) is 0 Å². The molecule has 0 bridgehead atoms. The van der Waals surface area contributed by atoms with Crippen molar-refractivity contribution in [3.8, 4) is 0 Å². The van der Waals surface area contributed by atoms with Gasteiger partial charge in [-0.25, -0.2) is 0 Å². The molecule has 5 rings (SSSR count). The summed E-state index contributed by atoms with van der Waals surface area (Å²) in [7, 11) is 0. The van der Waals surface area contributed by atoms with E-state index in [-0.39, 0.29) is 5.78 Å². The maximum Gasteiger partial charge on any atom is 0.193 e. The number of rotatable bonds is 2. The Balaban J connectivity index is 0.000000134. The van der Waals surface area contributed by atoms with Crippen molar-refractivity contribution in [2.75, 3.05) is 0 Å². The molecule has 0 heterocycles. The van der Waals surface area contributed by atoms with E-state index in [1.54, 1.807) is 0 Å². The molecule has 0 aromatic heterocycles. The molecule has 0 radical (unpaired) electrons. The van der Waals surface area contributed by atoms with Gasteiger partial charge in [0.05, 0.1) is 0 Å². The second kappa shape index (κ2) is 7.84. The van der Waals surface area contributed by atoms with Gasteiger partial charge in [0.15, 0.2) is 5.78 Å². The molecule has 0 atom stereocenters. The van der Waals surface area contributed by atoms with Crippen LogP contribution in [0.15, 0.2) is 103 Å². The monoisotopic (exact) mass is 348 g/mol. The van der Waals surface area contributed by atoms with Crippen molar-refractivity contribution < 1.29 is 4.79 Å². The Morgan fingerprint density at radius 3 is 1.85 bits per heavy atom. The second-order valence-electron chi connectivity index (χ2n) is 6.53. The van der Waals surface area contributed by atoms with Gasteiger partial charge in [-0.15, -0.1) is 0 Å². The first-order chi connectivity index (χ1) is 13.3. The smallest absolute Gasteiger partial charge is 0.193 e. The van der Waals surface area contributed by atoms with Gasteiger partial charge in [0.25, 0.3) is 0 Å². The van der Waals surface area contributed by atoms with E-state index in [2.05, 4.69) is 48.6 Å². The van der Waals surface area contributed by atoms with Crippen LogP contribution >= 0.6 is 0 Å². The molecular weight excluding hydrogens is 328 g/mol. The normalized spacial score (nSPS) is 11.6. The Morgan fingerprint density at radius 1 is 0.630 bits per heavy atom. The van der Waals surface area contributed by atoms with Crippen LogP contribution in [0.5, 0.6) is 0 Å². The summed E-state index contributed by atoms with van der Waals surface area (Å²) in [4.78, 5) is 11.8. The molecule has 4 aromatic rings. The summed E-state index contributed by atoms with van der Waals surface area (Å²) in [5.74, 6) is 0.0752. The Bertz CT molecular complexity index is 1050. The van der Waals surface area contributed by atoms with E-state index >= 15 is 0 Å². The molecule has 1 heteroatoms. The van der Waals surface area contributed by atoms with Crippen molar-refractivity contribution in [3.63, 3.8) is 0 Å². The molecular formula is C26H20O. The molecule has 0 aliphatic heterocycles. The minimum Gasteiger partial charge on any atom is -0.289 e. The van der Waals surface area contributed by atoms with Gasteiger partial charge in [-0.3, -0.25) is 4.79 Å². The second-order valence-corrected chi connectivity index (χ2v) is 6.53. The third kappa shape index (κ3) is 3.73. The molecule has 0 saturated carbocycles. The number of benzene rings is 4. The maximum absolute atomic E-state index is 11.8. The van der Waals surface area contributed by atoms with Crippen LogP contribution in [0, 0.1) is 0 Å². The summed E-state index contributed by atoms with van der Waals surface area (Å²) < 4.78 is 0. The number of ketones is 1. The van der Waals surface area contributed by atoms with Crippen LogP contribution in [0.1, 0.15) is 27.0 Å². The van der Waals surface area contributed by atoms with Crippen molar-refractivity contribution in [1.29, 1.82) is 0 Å². The van der Waals surface area contributed by atoms with Crippen LogP contribution in [0.4, 0.5) is 0 Å². The van der Waals surface area contributed by atoms with Crippen molar-refractivity contribution in [2.24, 2.45) is 0 Å². The van der Waals surface area contributed by atoms with Crippen molar-refractivity contribution >= 4 is 22.6 Å². The largest absolute Gasteiger partial charge is 0.289 e. The first-order valence-electron chi connectivity index (χ1n) is 9.15. The highest BCUT2D eigenvalue weighted by atomic mass is 16.1. The van der Waals surface area contributed by atoms with Gasteiger partial charge in [0.2, 0.25) is 0 Å². The third-order valence-electron chi connectivity index (χ3n) is 4.73. The summed E-state index contributed by atoms with van der Waals surface area (Å²) in [5.41, 5.74) is 4.28. The van der Waals surface area contributed by atoms with Crippen LogP contribution < -0.4 is 0 Å². The van der Waals surface area contributed by atoms with Gasteiger partial charge in [0, 0.05) is 11.1 Å². The number of allylic oxidation sites excluding steroid dienone is 1. The van der Waals surface area contributed by atoms with Crippen LogP contribution in [0.2, 0.25) is 0 Å². The molecule has 0 spiro atoms. The summed E-state index contributed by atoms with van der Waals surface area (Å²) in [6.45, 7) is 0. The van der Waals surface area contributed by atoms with Gasteiger partial charge < -0.3 is 0 Å². The highest BCUT2D eigenvalue weighted by Crippen LogP contribution is 2.27.